The Morgan fingerprint density at radius 3 is 2.43 bits per heavy atom. The molecule has 0 saturated carbocycles. The number of hydrogen-bond donors (Lipinski definition) is 2. The lowest BCUT2D eigenvalue weighted by molar-refractivity contribution is -0.140. The lowest BCUT2D eigenvalue weighted by Gasteiger charge is -2.25. The third kappa shape index (κ3) is 5.05. The molecule has 1 aliphatic rings. The molecule has 1 fully saturated rings. The number of esters is 1. The van der Waals surface area contributed by atoms with Crippen molar-refractivity contribution in [2.45, 2.75) is 54.0 Å². The molecule has 35 heavy (non-hydrogen) atoms. The second-order valence-corrected chi connectivity index (χ2v) is 8.67. The molecule has 1 saturated heterocycles. The third-order valence-corrected chi connectivity index (χ3v) is 6.49. The molecule has 3 rings (SSSR count). The van der Waals surface area contributed by atoms with Crippen LogP contribution in [0.4, 0.5) is 0 Å². The van der Waals surface area contributed by atoms with Crippen molar-refractivity contribution in [3.63, 3.8) is 0 Å². The molecule has 3 heterocycles. The number of amides is 1. The van der Waals surface area contributed by atoms with Crippen molar-refractivity contribution in [1.29, 1.82) is 0 Å². The Bertz CT molecular complexity index is 1140. The number of carbonyl (C=O) groups is 3. The predicted octanol–water partition coefficient (Wildman–Crippen LogP) is 3.86. The molecule has 2 aromatic rings. The molecule has 1 atom stereocenters. The quantitative estimate of drug-likeness (QED) is 0.227. The highest BCUT2D eigenvalue weighted by molar-refractivity contribution is 6.46. The van der Waals surface area contributed by atoms with Gasteiger partial charge in [0.15, 0.2) is 0 Å². The van der Waals surface area contributed by atoms with E-state index in [1.165, 1.54) is 4.90 Å². The van der Waals surface area contributed by atoms with Gasteiger partial charge < -0.3 is 29.0 Å². The van der Waals surface area contributed by atoms with Gasteiger partial charge in [-0.1, -0.05) is 13.8 Å². The maximum Gasteiger partial charge on any atom is 0.355 e. The van der Waals surface area contributed by atoms with Crippen LogP contribution in [0.25, 0.3) is 5.76 Å². The Balaban J connectivity index is 2.08. The van der Waals surface area contributed by atoms with Gasteiger partial charge in [0.25, 0.3) is 11.7 Å². The minimum absolute atomic E-state index is 0.0483. The van der Waals surface area contributed by atoms with Crippen molar-refractivity contribution in [1.82, 2.24) is 14.8 Å². The molecule has 0 aromatic carbocycles. The number of aliphatic hydroxyl groups is 1. The number of aliphatic hydroxyl groups excluding tert-OH is 1. The number of furan rings is 1. The lowest BCUT2D eigenvalue weighted by Crippen LogP contribution is -2.33. The van der Waals surface area contributed by atoms with E-state index in [4.69, 9.17) is 9.15 Å². The number of nitrogens with one attached hydrogen (secondary N) is 1. The second-order valence-electron chi connectivity index (χ2n) is 8.67. The fourth-order valence-corrected chi connectivity index (χ4v) is 4.66. The van der Waals surface area contributed by atoms with Crippen LogP contribution in [-0.2, 0) is 14.3 Å². The molecule has 0 bridgehead atoms. The van der Waals surface area contributed by atoms with Crippen LogP contribution in [0.3, 0.4) is 0 Å². The molecule has 0 spiro atoms. The molecule has 1 amide bonds. The molecule has 1 unspecified atom stereocenters. The van der Waals surface area contributed by atoms with E-state index in [9.17, 15) is 19.5 Å². The minimum atomic E-state index is -0.861. The highest BCUT2D eigenvalue weighted by Crippen LogP contribution is 2.41. The molecule has 9 nitrogen and oxygen atoms in total. The second kappa shape index (κ2) is 10.9. The van der Waals surface area contributed by atoms with E-state index in [0.717, 1.165) is 19.6 Å². The van der Waals surface area contributed by atoms with Crippen molar-refractivity contribution >= 4 is 23.4 Å². The smallest absolute Gasteiger partial charge is 0.355 e. The van der Waals surface area contributed by atoms with E-state index >= 15 is 0 Å². The Morgan fingerprint density at radius 1 is 1.17 bits per heavy atom. The van der Waals surface area contributed by atoms with Crippen molar-refractivity contribution in [2.24, 2.45) is 0 Å². The summed E-state index contributed by atoms with van der Waals surface area (Å²) in [5, 5.41) is 11.4. The molecule has 9 heteroatoms. The van der Waals surface area contributed by atoms with Crippen LogP contribution in [0.15, 0.2) is 22.1 Å². The number of ketones is 1. The Labute approximate surface area is 205 Å². The van der Waals surface area contributed by atoms with Gasteiger partial charge in [0.1, 0.15) is 29.0 Å². The number of aromatic nitrogens is 1. The Morgan fingerprint density at radius 2 is 1.86 bits per heavy atom. The Kier molecular flexibility index (Phi) is 8.22. The first-order valence-electron chi connectivity index (χ1n) is 12.1. The molecule has 0 radical (unpaired) electrons. The summed E-state index contributed by atoms with van der Waals surface area (Å²) in [6.07, 6.45) is 0.667. The Hall–Kier alpha value is -3.33. The number of likely N-dealkylation sites (tertiary alicyclic amines) is 1. The number of Topliss-reactive ketones (excluding diaryl/α,β-unsaturated/α-hetero) is 1. The van der Waals surface area contributed by atoms with Gasteiger partial charge >= 0.3 is 5.97 Å². The molecule has 2 N–H and O–H groups in total. The number of hydrogen-bond acceptors (Lipinski definition) is 7. The largest absolute Gasteiger partial charge is 0.507 e. The summed E-state index contributed by atoms with van der Waals surface area (Å²) in [4.78, 5) is 45.4. The summed E-state index contributed by atoms with van der Waals surface area (Å²) < 4.78 is 10.9. The summed E-state index contributed by atoms with van der Waals surface area (Å²) >= 11 is 0. The van der Waals surface area contributed by atoms with Crippen molar-refractivity contribution in [3.8, 4) is 0 Å². The maximum atomic E-state index is 13.2. The number of aryl methyl sites for hydroxylation is 2. The monoisotopic (exact) mass is 485 g/mol. The number of nitrogens with zero attached hydrogens (tertiary/aromatic N) is 2. The summed E-state index contributed by atoms with van der Waals surface area (Å²) in [6.45, 7) is 14.1. The summed E-state index contributed by atoms with van der Waals surface area (Å²) in [7, 11) is 0. The average Bonchev–Trinajstić information content (AvgIpc) is 3.46. The zero-order chi connectivity index (χ0) is 25.9. The van der Waals surface area contributed by atoms with Crippen molar-refractivity contribution in [2.75, 3.05) is 32.8 Å². The zero-order valence-corrected chi connectivity index (χ0v) is 21.4. The number of carbonyl (C=O) groups excluding carboxylic acids is 3. The van der Waals surface area contributed by atoms with Gasteiger partial charge in [-0.05, 0) is 71.4 Å². The summed E-state index contributed by atoms with van der Waals surface area (Å²) in [5.41, 5.74) is 1.39. The number of rotatable bonds is 10. The predicted molar refractivity (Wildman–Crippen MR) is 131 cm³/mol. The van der Waals surface area contributed by atoms with Crippen LogP contribution in [0.5, 0.6) is 0 Å². The lowest BCUT2D eigenvalue weighted by atomic mass is 9.97. The molecule has 1 aliphatic heterocycles. The highest BCUT2D eigenvalue weighted by atomic mass is 16.5. The highest BCUT2D eigenvalue weighted by Gasteiger charge is 2.47. The zero-order valence-electron chi connectivity index (χ0n) is 21.4. The van der Waals surface area contributed by atoms with Crippen molar-refractivity contribution < 1.29 is 28.6 Å². The van der Waals surface area contributed by atoms with Gasteiger partial charge in [0.2, 0.25) is 0 Å². The first-order chi connectivity index (χ1) is 16.7. The van der Waals surface area contributed by atoms with E-state index in [2.05, 4.69) is 23.7 Å². The first kappa shape index (κ1) is 26.3. The first-order valence-corrected chi connectivity index (χ1v) is 12.1. The number of aromatic amines is 1. The van der Waals surface area contributed by atoms with Crippen LogP contribution < -0.4 is 0 Å². The van der Waals surface area contributed by atoms with Crippen LogP contribution in [0.1, 0.15) is 72.1 Å². The molecule has 2 aromatic heterocycles. The molecular formula is C26H35N3O6. The average molecular weight is 486 g/mol. The van der Waals surface area contributed by atoms with Gasteiger partial charge in [-0.3, -0.25) is 9.59 Å². The SMILES string of the molecule is CCOC(=O)c1[nH]c(C)c(/C(O)=C2\C(=O)C(=O)N(CCCN(CC)CC)C2c2ccc(C)o2)c1C. The van der Waals surface area contributed by atoms with Crippen LogP contribution in [0.2, 0.25) is 0 Å². The topological polar surface area (TPSA) is 116 Å². The minimum Gasteiger partial charge on any atom is -0.507 e. The summed E-state index contributed by atoms with van der Waals surface area (Å²) in [5.74, 6) is -1.31. The fraction of sp³-hybridized carbons (Fsp3) is 0.500. The third-order valence-electron chi connectivity index (χ3n) is 6.49. The maximum absolute atomic E-state index is 13.2. The van der Waals surface area contributed by atoms with Crippen LogP contribution >= 0.6 is 0 Å². The van der Waals surface area contributed by atoms with Gasteiger partial charge in [-0.15, -0.1) is 0 Å². The molecule has 0 aliphatic carbocycles. The van der Waals surface area contributed by atoms with Crippen molar-refractivity contribution in [3.05, 3.63) is 51.7 Å². The van der Waals surface area contributed by atoms with Gasteiger partial charge in [-0.2, -0.15) is 0 Å². The van der Waals surface area contributed by atoms with Gasteiger partial charge in [0, 0.05) is 17.8 Å². The number of H-pyrrole nitrogens is 1. The normalized spacial score (nSPS) is 17.6. The molecule has 190 valence electrons. The molecular weight excluding hydrogens is 450 g/mol. The van der Waals surface area contributed by atoms with Crippen LogP contribution in [0, 0.1) is 20.8 Å². The fourth-order valence-electron chi connectivity index (χ4n) is 4.66. The van der Waals surface area contributed by atoms with Gasteiger partial charge in [-0.25, -0.2) is 4.79 Å². The van der Waals surface area contributed by atoms with Gasteiger partial charge in [0.05, 0.1) is 12.2 Å². The van der Waals surface area contributed by atoms with E-state index < -0.39 is 23.7 Å². The van der Waals surface area contributed by atoms with E-state index in [-0.39, 0.29) is 23.6 Å². The number of ether oxygens (including phenoxy) is 1. The van der Waals surface area contributed by atoms with E-state index in [1.807, 2.05) is 0 Å². The van der Waals surface area contributed by atoms with E-state index in [1.54, 1.807) is 39.8 Å². The summed E-state index contributed by atoms with van der Waals surface area (Å²) in [6, 6.07) is 2.62. The van der Waals surface area contributed by atoms with E-state index in [0.29, 0.717) is 41.3 Å². The van der Waals surface area contributed by atoms with Crippen LogP contribution in [-0.4, -0.2) is 70.3 Å². The standard InChI is InChI=1S/C26H35N3O6/c1-7-28(8-2)13-10-14-29-22(18-12-11-15(4)35-18)20(24(31)25(29)32)23(30)19-16(5)21(27-17(19)6)26(33)34-9-3/h11-12,22,27,30H,7-10,13-14H2,1-6H3/b23-20+.